The molecular weight excluding hydrogens is 368 g/mol. The second-order valence-electron chi connectivity index (χ2n) is 8.90. The minimum atomic E-state index is -0.513. The van der Waals surface area contributed by atoms with Crippen molar-refractivity contribution in [3.8, 4) is 0 Å². The topological polar surface area (TPSA) is 59.1 Å². The van der Waals surface area contributed by atoms with E-state index in [0.717, 1.165) is 13.0 Å². The SMILES string of the molecule is CCOC(=O)CCN(Cc1ccccc1)CC1CC(C)CN1C(=O)OC(C)(C)C. The lowest BCUT2D eigenvalue weighted by Gasteiger charge is -2.32. The van der Waals surface area contributed by atoms with Crippen molar-refractivity contribution in [3.63, 3.8) is 0 Å². The molecule has 1 heterocycles. The van der Waals surface area contributed by atoms with Crippen LogP contribution in [0.15, 0.2) is 30.3 Å². The van der Waals surface area contributed by atoms with Crippen molar-refractivity contribution >= 4 is 12.1 Å². The first-order chi connectivity index (χ1) is 13.7. The Morgan fingerprint density at radius 1 is 1.21 bits per heavy atom. The van der Waals surface area contributed by atoms with Crippen LogP contribution in [0, 0.1) is 5.92 Å². The number of amides is 1. The number of esters is 1. The van der Waals surface area contributed by atoms with Crippen molar-refractivity contribution in [3.05, 3.63) is 35.9 Å². The molecule has 0 aromatic heterocycles. The third-order valence-corrected chi connectivity index (χ3v) is 4.91. The Bertz CT molecular complexity index is 657. The summed E-state index contributed by atoms with van der Waals surface area (Å²) in [5, 5.41) is 0. The molecule has 6 heteroatoms. The van der Waals surface area contributed by atoms with E-state index < -0.39 is 5.60 Å². The van der Waals surface area contributed by atoms with Crippen LogP contribution in [0.25, 0.3) is 0 Å². The van der Waals surface area contributed by atoms with Gasteiger partial charge in [0.15, 0.2) is 0 Å². The first-order valence-electron chi connectivity index (χ1n) is 10.6. The molecule has 2 rings (SSSR count). The monoisotopic (exact) mass is 404 g/mol. The Morgan fingerprint density at radius 3 is 2.52 bits per heavy atom. The minimum absolute atomic E-state index is 0.0748. The summed E-state index contributed by atoms with van der Waals surface area (Å²) < 4.78 is 10.7. The van der Waals surface area contributed by atoms with Crippen LogP contribution >= 0.6 is 0 Å². The van der Waals surface area contributed by atoms with Crippen LogP contribution in [-0.2, 0) is 20.8 Å². The van der Waals surface area contributed by atoms with Crippen LogP contribution in [0.1, 0.15) is 53.0 Å². The van der Waals surface area contributed by atoms with Gasteiger partial charge >= 0.3 is 12.1 Å². The zero-order valence-electron chi connectivity index (χ0n) is 18.5. The van der Waals surface area contributed by atoms with Gasteiger partial charge in [0.2, 0.25) is 0 Å². The van der Waals surface area contributed by atoms with Crippen molar-refractivity contribution < 1.29 is 19.1 Å². The summed E-state index contributed by atoms with van der Waals surface area (Å²) in [4.78, 5) is 28.7. The number of nitrogens with zero attached hydrogens (tertiary/aromatic N) is 2. The molecule has 1 amide bonds. The highest BCUT2D eigenvalue weighted by molar-refractivity contribution is 5.69. The van der Waals surface area contributed by atoms with Crippen molar-refractivity contribution in [2.75, 3.05) is 26.2 Å². The summed E-state index contributed by atoms with van der Waals surface area (Å²) in [5.74, 6) is 0.241. The molecule has 0 radical (unpaired) electrons. The van der Waals surface area contributed by atoms with E-state index in [1.54, 1.807) is 0 Å². The fraction of sp³-hybridized carbons (Fsp3) is 0.652. The van der Waals surface area contributed by atoms with Crippen molar-refractivity contribution in [1.82, 2.24) is 9.80 Å². The van der Waals surface area contributed by atoms with Crippen LogP contribution in [0.5, 0.6) is 0 Å². The fourth-order valence-electron chi connectivity index (χ4n) is 3.73. The second-order valence-corrected chi connectivity index (χ2v) is 8.90. The standard InChI is InChI=1S/C23H36N2O4/c1-6-28-21(26)12-13-24(16-19-10-8-7-9-11-19)17-20-14-18(2)15-25(20)22(27)29-23(3,4)5/h7-11,18,20H,6,12-17H2,1-5H3. The molecule has 1 aromatic carbocycles. The molecular formula is C23H36N2O4. The van der Waals surface area contributed by atoms with Gasteiger partial charge in [-0.25, -0.2) is 4.79 Å². The summed E-state index contributed by atoms with van der Waals surface area (Å²) in [7, 11) is 0. The van der Waals surface area contributed by atoms with Crippen LogP contribution in [0.2, 0.25) is 0 Å². The van der Waals surface area contributed by atoms with E-state index >= 15 is 0 Å². The Labute approximate surface area is 175 Å². The number of benzene rings is 1. The van der Waals surface area contributed by atoms with Gasteiger partial charge in [0, 0.05) is 32.2 Å². The Morgan fingerprint density at radius 2 is 1.90 bits per heavy atom. The van der Waals surface area contributed by atoms with E-state index in [9.17, 15) is 9.59 Å². The molecule has 1 aliphatic rings. The van der Waals surface area contributed by atoms with Crippen LogP contribution in [-0.4, -0.2) is 59.7 Å². The lowest BCUT2D eigenvalue weighted by Crippen LogP contribution is -2.45. The Hall–Kier alpha value is -2.08. The van der Waals surface area contributed by atoms with E-state index in [1.165, 1.54) is 5.56 Å². The lowest BCUT2D eigenvalue weighted by atomic mass is 10.1. The zero-order valence-corrected chi connectivity index (χ0v) is 18.5. The molecule has 2 unspecified atom stereocenters. The number of rotatable bonds is 8. The van der Waals surface area contributed by atoms with Crippen molar-refractivity contribution in [2.24, 2.45) is 5.92 Å². The normalized spacial score (nSPS) is 19.4. The van der Waals surface area contributed by atoms with Gasteiger partial charge in [-0.15, -0.1) is 0 Å². The molecule has 1 aromatic rings. The van der Waals surface area contributed by atoms with Gasteiger partial charge in [0.05, 0.1) is 13.0 Å². The molecule has 0 bridgehead atoms. The number of hydrogen-bond acceptors (Lipinski definition) is 5. The summed E-state index contributed by atoms with van der Waals surface area (Å²) in [6.45, 7) is 12.8. The quantitative estimate of drug-likeness (QED) is 0.611. The molecule has 1 fully saturated rings. The molecule has 6 nitrogen and oxygen atoms in total. The largest absolute Gasteiger partial charge is 0.466 e. The van der Waals surface area contributed by atoms with E-state index in [2.05, 4.69) is 24.0 Å². The maximum Gasteiger partial charge on any atom is 0.410 e. The first kappa shape index (κ1) is 23.2. The van der Waals surface area contributed by atoms with Crippen LogP contribution < -0.4 is 0 Å². The molecule has 0 saturated carbocycles. The third kappa shape index (κ3) is 8.05. The Balaban J connectivity index is 2.07. The summed E-state index contributed by atoms with van der Waals surface area (Å²) >= 11 is 0. The van der Waals surface area contributed by atoms with E-state index in [4.69, 9.17) is 9.47 Å². The number of carbonyl (C=O) groups is 2. The van der Waals surface area contributed by atoms with Gasteiger partial charge < -0.3 is 14.4 Å². The third-order valence-electron chi connectivity index (χ3n) is 4.91. The molecule has 0 aliphatic carbocycles. The highest BCUT2D eigenvalue weighted by Crippen LogP contribution is 2.26. The first-order valence-corrected chi connectivity index (χ1v) is 10.6. The Kier molecular flexibility index (Phi) is 8.50. The maximum atomic E-state index is 12.7. The van der Waals surface area contributed by atoms with Gasteiger partial charge in [0.25, 0.3) is 0 Å². The second kappa shape index (κ2) is 10.6. The van der Waals surface area contributed by atoms with Gasteiger partial charge in [0.1, 0.15) is 5.60 Å². The van der Waals surface area contributed by atoms with Crippen molar-refractivity contribution in [2.45, 2.75) is 65.6 Å². The minimum Gasteiger partial charge on any atom is -0.466 e. The van der Waals surface area contributed by atoms with Crippen LogP contribution in [0.3, 0.4) is 0 Å². The highest BCUT2D eigenvalue weighted by Gasteiger charge is 2.36. The van der Waals surface area contributed by atoms with E-state index in [-0.39, 0.29) is 18.1 Å². The summed E-state index contributed by atoms with van der Waals surface area (Å²) in [6.07, 6.45) is 1.02. The number of ether oxygens (including phenoxy) is 2. The molecule has 162 valence electrons. The number of hydrogen-bond donors (Lipinski definition) is 0. The average Bonchev–Trinajstić information content (AvgIpc) is 3.00. The van der Waals surface area contributed by atoms with Crippen LogP contribution in [0.4, 0.5) is 4.79 Å². The molecule has 29 heavy (non-hydrogen) atoms. The summed E-state index contributed by atoms with van der Waals surface area (Å²) in [5.41, 5.74) is 0.674. The molecule has 1 aliphatic heterocycles. The maximum absolute atomic E-state index is 12.7. The van der Waals surface area contributed by atoms with E-state index in [0.29, 0.717) is 38.6 Å². The molecule has 2 atom stereocenters. The van der Waals surface area contributed by atoms with Crippen molar-refractivity contribution in [1.29, 1.82) is 0 Å². The zero-order chi connectivity index (χ0) is 21.4. The van der Waals surface area contributed by atoms with E-state index in [1.807, 2.05) is 50.8 Å². The predicted octanol–water partition coefficient (Wildman–Crippen LogP) is 4.09. The van der Waals surface area contributed by atoms with Gasteiger partial charge in [-0.3, -0.25) is 9.69 Å². The smallest absolute Gasteiger partial charge is 0.410 e. The molecule has 1 saturated heterocycles. The number of carbonyl (C=O) groups excluding carboxylic acids is 2. The number of likely N-dealkylation sites (tertiary alicyclic amines) is 1. The highest BCUT2D eigenvalue weighted by atomic mass is 16.6. The van der Waals surface area contributed by atoms with Gasteiger partial charge in [-0.2, -0.15) is 0 Å². The molecule has 0 spiro atoms. The predicted molar refractivity (Wildman–Crippen MR) is 113 cm³/mol. The fourth-order valence-corrected chi connectivity index (χ4v) is 3.73. The van der Waals surface area contributed by atoms with Gasteiger partial charge in [-0.1, -0.05) is 37.3 Å². The lowest BCUT2D eigenvalue weighted by molar-refractivity contribution is -0.143. The summed E-state index contributed by atoms with van der Waals surface area (Å²) in [6, 6.07) is 10.3. The molecule has 0 N–H and O–H groups in total. The van der Waals surface area contributed by atoms with Gasteiger partial charge in [-0.05, 0) is 45.6 Å². The average molecular weight is 405 g/mol.